The molecular formula is C17H22NO3P. The van der Waals surface area contributed by atoms with Gasteiger partial charge in [-0.3, -0.25) is 9.46 Å². The molecule has 0 bridgehead atoms. The molecule has 1 aromatic rings. The molecular weight excluding hydrogens is 297 g/mol. The van der Waals surface area contributed by atoms with Gasteiger partial charge in [-0.05, 0) is 11.6 Å². The normalized spacial score (nSPS) is 12.6. The van der Waals surface area contributed by atoms with Crippen LogP contribution in [0.1, 0.15) is 16.9 Å². The van der Waals surface area contributed by atoms with Crippen LogP contribution in [0, 0.1) is 12.3 Å². The summed E-state index contributed by atoms with van der Waals surface area (Å²) in [5, 5.41) is 0. The van der Waals surface area contributed by atoms with E-state index in [1.165, 1.54) is 14.2 Å². The first-order chi connectivity index (χ1) is 10.6. The van der Waals surface area contributed by atoms with Gasteiger partial charge in [0.05, 0.1) is 0 Å². The van der Waals surface area contributed by atoms with Crippen LogP contribution in [0.15, 0.2) is 49.6 Å². The van der Waals surface area contributed by atoms with Crippen LogP contribution in [0.5, 0.6) is 0 Å². The van der Waals surface area contributed by atoms with Crippen LogP contribution in [0.4, 0.5) is 0 Å². The molecule has 5 heteroatoms. The van der Waals surface area contributed by atoms with Crippen molar-refractivity contribution in [2.45, 2.75) is 5.78 Å². The van der Waals surface area contributed by atoms with Crippen molar-refractivity contribution in [2.75, 3.05) is 27.3 Å². The Hall–Kier alpha value is -1.63. The van der Waals surface area contributed by atoms with Crippen molar-refractivity contribution in [1.82, 2.24) is 4.90 Å². The highest BCUT2D eigenvalue weighted by Gasteiger charge is 2.40. The molecule has 0 aromatic heterocycles. The van der Waals surface area contributed by atoms with E-state index in [4.69, 9.17) is 15.5 Å². The zero-order valence-corrected chi connectivity index (χ0v) is 14.0. The van der Waals surface area contributed by atoms with E-state index in [2.05, 4.69) is 19.1 Å². The fourth-order valence-electron chi connectivity index (χ4n) is 2.30. The number of hydrogen-bond acceptors (Lipinski definition) is 4. The summed E-state index contributed by atoms with van der Waals surface area (Å²) in [5.41, 5.74) is 1.38. The maximum absolute atomic E-state index is 13.1. The molecule has 0 aliphatic heterocycles. The Bertz CT molecular complexity index is 588. The van der Waals surface area contributed by atoms with E-state index in [1.54, 1.807) is 18.2 Å². The number of benzene rings is 1. The van der Waals surface area contributed by atoms with Crippen molar-refractivity contribution in [1.29, 1.82) is 0 Å². The summed E-state index contributed by atoms with van der Waals surface area (Å²) in [6.45, 7) is 8.48. The van der Waals surface area contributed by atoms with Crippen LogP contribution in [0.25, 0.3) is 0 Å². The lowest BCUT2D eigenvalue weighted by molar-refractivity contribution is 0.210. The van der Waals surface area contributed by atoms with Gasteiger partial charge in [-0.2, -0.15) is 0 Å². The van der Waals surface area contributed by atoms with Crippen LogP contribution >= 0.6 is 7.60 Å². The molecule has 0 aliphatic carbocycles. The first-order valence-corrected chi connectivity index (χ1v) is 8.41. The van der Waals surface area contributed by atoms with E-state index in [9.17, 15) is 4.57 Å². The second-order valence-electron chi connectivity index (χ2n) is 4.54. The summed E-state index contributed by atoms with van der Waals surface area (Å²) >= 11 is 0. The molecule has 0 amide bonds. The summed E-state index contributed by atoms with van der Waals surface area (Å²) < 4.78 is 23.5. The lowest BCUT2D eigenvalue weighted by atomic mass is 10.1. The van der Waals surface area contributed by atoms with Gasteiger partial charge in [-0.15, -0.1) is 19.6 Å². The monoisotopic (exact) mass is 319 g/mol. The van der Waals surface area contributed by atoms with Gasteiger partial charge in [0.1, 0.15) is 5.78 Å². The average molecular weight is 319 g/mol. The van der Waals surface area contributed by atoms with E-state index in [0.29, 0.717) is 18.7 Å². The van der Waals surface area contributed by atoms with Gasteiger partial charge in [0.25, 0.3) is 0 Å². The van der Waals surface area contributed by atoms with E-state index >= 15 is 0 Å². The molecule has 22 heavy (non-hydrogen) atoms. The van der Waals surface area contributed by atoms with Gasteiger partial charge in [0, 0.05) is 32.9 Å². The second-order valence-corrected chi connectivity index (χ2v) is 6.84. The van der Waals surface area contributed by atoms with Gasteiger partial charge >= 0.3 is 7.60 Å². The van der Waals surface area contributed by atoms with Crippen LogP contribution in [0.3, 0.4) is 0 Å². The molecule has 1 atom stereocenters. The maximum Gasteiger partial charge on any atom is 0.351 e. The molecule has 118 valence electrons. The summed E-state index contributed by atoms with van der Waals surface area (Å²) in [6.07, 6.45) is 9.04. The highest BCUT2D eigenvalue weighted by atomic mass is 31.2. The molecule has 0 heterocycles. The lowest BCUT2D eigenvalue weighted by Gasteiger charge is -2.34. The molecule has 0 aliphatic rings. The van der Waals surface area contributed by atoms with E-state index in [0.717, 1.165) is 5.56 Å². The Balaban J connectivity index is 3.51. The number of terminal acetylenes is 1. The van der Waals surface area contributed by atoms with Crippen LogP contribution in [-0.2, 0) is 13.6 Å². The Morgan fingerprint density at radius 1 is 1.27 bits per heavy atom. The summed E-state index contributed by atoms with van der Waals surface area (Å²) in [6, 6.07) is 7.33. The smallest absolute Gasteiger partial charge is 0.311 e. The molecule has 1 aromatic carbocycles. The van der Waals surface area contributed by atoms with E-state index < -0.39 is 13.4 Å². The summed E-state index contributed by atoms with van der Waals surface area (Å²) in [7, 11) is -0.692. The third-order valence-electron chi connectivity index (χ3n) is 3.28. The fourth-order valence-corrected chi connectivity index (χ4v) is 4.00. The quantitative estimate of drug-likeness (QED) is 0.394. The Kier molecular flexibility index (Phi) is 7.31. The SMILES string of the molecule is C#Cc1ccccc1C(N(CC=C)CC=C)P(=O)(OC)OC. The molecule has 4 nitrogen and oxygen atoms in total. The zero-order valence-electron chi connectivity index (χ0n) is 13.1. The largest absolute Gasteiger partial charge is 0.351 e. The maximum atomic E-state index is 13.1. The van der Waals surface area contributed by atoms with Gasteiger partial charge in [0.15, 0.2) is 0 Å². The predicted octanol–water partition coefficient (Wildman–Crippen LogP) is 3.83. The molecule has 0 saturated carbocycles. The third kappa shape index (κ3) is 3.97. The highest BCUT2D eigenvalue weighted by molar-refractivity contribution is 7.54. The molecule has 0 radical (unpaired) electrons. The zero-order chi connectivity index (χ0) is 16.6. The van der Waals surface area contributed by atoms with Crippen molar-refractivity contribution in [3.8, 4) is 12.3 Å². The molecule has 1 rings (SSSR count). The summed E-state index contributed by atoms with van der Waals surface area (Å²) in [4.78, 5) is 1.91. The first kappa shape index (κ1) is 18.4. The highest BCUT2D eigenvalue weighted by Crippen LogP contribution is 2.61. The number of hydrogen-bond donors (Lipinski definition) is 0. The van der Waals surface area contributed by atoms with Gasteiger partial charge in [-0.1, -0.05) is 36.3 Å². The van der Waals surface area contributed by atoms with Crippen LogP contribution in [0.2, 0.25) is 0 Å². The van der Waals surface area contributed by atoms with Crippen LogP contribution < -0.4 is 0 Å². The lowest BCUT2D eigenvalue weighted by Crippen LogP contribution is -2.30. The molecule has 0 saturated heterocycles. The van der Waals surface area contributed by atoms with Crippen LogP contribution in [-0.4, -0.2) is 32.2 Å². The average Bonchev–Trinajstić information content (AvgIpc) is 2.55. The van der Waals surface area contributed by atoms with E-state index in [-0.39, 0.29) is 0 Å². The number of rotatable bonds is 9. The van der Waals surface area contributed by atoms with E-state index in [1.807, 2.05) is 23.1 Å². The first-order valence-electron chi connectivity index (χ1n) is 6.80. The number of nitrogens with zero attached hydrogens (tertiary/aromatic N) is 1. The third-order valence-corrected chi connectivity index (χ3v) is 5.50. The molecule has 0 spiro atoms. The van der Waals surface area contributed by atoms with Gasteiger partial charge in [-0.25, -0.2) is 0 Å². The van der Waals surface area contributed by atoms with Gasteiger partial charge in [0.2, 0.25) is 0 Å². The van der Waals surface area contributed by atoms with Crippen molar-refractivity contribution < 1.29 is 13.6 Å². The van der Waals surface area contributed by atoms with Gasteiger partial charge < -0.3 is 9.05 Å². The minimum atomic E-state index is -3.43. The van der Waals surface area contributed by atoms with Crippen molar-refractivity contribution in [2.24, 2.45) is 0 Å². The summed E-state index contributed by atoms with van der Waals surface area (Å²) in [5.74, 6) is 1.99. The molecule has 1 unspecified atom stereocenters. The fraction of sp³-hybridized carbons (Fsp3) is 0.294. The van der Waals surface area contributed by atoms with Crippen molar-refractivity contribution in [3.05, 3.63) is 60.7 Å². The predicted molar refractivity (Wildman–Crippen MR) is 90.7 cm³/mol. The second kappa shape index (κ2) is 8.73. The molecule has 0 fully saturated rings. The minimum Gasteiger partial charge on any atom is -0.311 e. The topological polar surface area (TPSA) is 38.8 Å². The Labute approximate surface area is 133 Å². The molecule has 0 N–H and O–H groups in total. The standard InChI is InChI=1S/C17H22NO3P/c1-6-13-18(14-7-2)17(22(19,20-4)21-5)16-12-10-9-11-15(16)8-3/h3,6-7,9-12,17H,1-2,13-14H2,4-5H3. The Morgan fingerprint density at radius 2 is 1.82 bits per heavy atom. The van der Waals surface area contributed by atoms with Crippen molar-refractivity contribution in [3.63, 3.8) is 0 Å². The minimum absolute atomic E-state index is 0.492. The van der Waals surface area contributed by atoms with Crippen molar-refractivity contribution >= 4 is 7.60 Å². The Morgan fingerprint density at radius 3 is 2.27 bits per heavy atom.